The molecule has 0 saturated heterocycles. The number of aromatic nitrogens is 1. The standard InChI is InChI=1S/C24H24NOP/c1-4-21(26-3)13-10-18(2)23-16-25(20-8-6-5-7-9-20)17-24(23)19-11-14-22(27)15-12-19/h4-17H,1,27H2,2-3H3/b18-10+,21-13+. The highest BCUT2D eigenvalue weighted by Crippen LogP contribution is 2.31. The Morgan fingerprint density at radius 2 is 1.70 bits per heavy atom. The molecule has 0 radical (unpaired) electrons. The number of hydrogen-bond acceptors (Lipinski definition) is 1. The molecule has 0 aliphatic rings. The Kier molecular flexibility index (Phi) is 6.11. The average molecular weight is 373 g/mol. The molecule has 2 nitrogen and oxygen atoms in total. The summed E-state index contributed by atoms with van der Waals surface area (Å²) in [5, 5.41) is 1.17. The van der Waals surface area contributed by atoms with E-state index < -0.39 is 0 Å². The molecule has 27 heavy (non-hydrogen) atoms. The number of rotatable bonds is 6. The highest BCUT2D eigenvalue weighted by molar-refractivity contribution is 7.27. The van der Waals surface area contributed by atoms with E-state index in [0.29, 0.717) is 0 Å². The molecule has 1 unspecified atom stereocenters. The van der Waals surface area contributed by atoms with E-state index in [1.807, 2.05) is 12.1 Å². The predicted molar refractivity (Wildman–Crippen MR) is 119 cm³/mol. The van der Waals surface area contributed by atoms with Crippen LogP contribution < -0.4 is 5.30 Å². The summed E-state index contributed by atoms with van der Waals surface area (Å²) in [4.78, 5) is 0. The summed E-state index contributed by atoms with van der Waals surface area (Å²) < 4.78 is 7.45. The summed E-state index contributed by atoms with van der Waals surface area (Å²) in [7, 11) is 4.39. The first-order valence-electron chi connectivity index (χ1n) is 8.81. The van der Waals surface area contributed by atoms with E-state index in [2.05, 4.69) is 94.3 Å². The van der Waals surface area contributed by atoms with Crippen LogP contribution in [0.3, 0.4) is 0 Å². The van der Waals surface area contributed by atoms with E-state index in [9.17, 15) is 0 Å². The van der Waals surface area contributed by atoms with Gasteiger partial charge in [-0.25, -0.2) is 0 Å². The Morgan fingerprint density at radius 3 is 2.33 bits per heavy atom. The van der Waals surface area contributed by atoms with E-state index in [-0.39, 0.29) is 0 Å². The molecule has 0 bridgehead atoms. The van der Waals surface area contributed by atoms with Gasteiger partial charge in [0.2, 0.25) is 0 Å². The zero-order valence-corrected chi connectivity index (χ0v) is 16.9. The maximum absolute atomic E-state index is 5.28. The minimum absolute atomic E-state index is 0.741. The van der Waals surface area contributed by atoms with E-state index >= 15 is 0 Å². The second-order valence-electron chi connectivity index (χ2n) is 6.28. The molecule has 0 N–H and O–H groups in total. The van der Waals surface area contributed by atoms with Crippen molar-refractivity contribution in [3.05, 3.63) is 103 Å². The van der Waals surface area contributed by atoms with Crippen molar-refractivity contribution in [1.82, 2.24) is 4.57 Å². The molecule has 0 aliphatic carbocycles. The minimum atomic E-state index is 0.741. The van der Waals surface area contributed by atoms with Gasteiger partial charge in [-0.3, -0.25) is 0 Å². The first-order valence-corrected chi connectivity index (χ1v) is 9.39. The van der Waals surface area contributed by atoms with Crippen LogP contribution in [0.5, 0.6) is 0 Å². The fraction of sp³-hybridized carbons (Fsp3) is 0.0833. The molecule has 0 fully saturated rings. The van der Waals surface area contributed by atoms with Gasteiger partial charge in [0.05, 0.1) is 7.11 Å². The van der Waals surface area contributed by atoms with Gasteiger partial charge in [-0.1, -0.05) is 55.1 Å². The monoisotopic (exact) mass is 373 g/mol. The topological polar surface area (TPSA) is 14.2 Å². The molecular weight excluding hydrogens is 349 g/mol. The molecular formula is C24H24NOP. The molecule has 0 aliphatic heterocycles. The lowest BCUT2D eigenvalue weighted by molar-refractivity contribution is 0.307. The van der Waals surface area contributed by atoms with Crippen LogP contribution >= 0.6 is 9.24 Å². The Hall–Kier alpha value is -2.83. The van der Waals surface area contributed by atoms with Crippen molar-refractivity contribution in [1.29, 1.82) is 0 Å². The van der Waals surface area contributed by atoms with Crippen LogP contribution in [0.4, 0.5) is 0 Å². The predicted octanol–water partition coefficient (Wildman–Crippen LogP) is 5.76. The van der Waals surface area contributed by atoms with Crippen molar-refractivity contribution >= 4 is 20.1 Å². The summed E-state index contributed by atoms with van der Waals surface area (Å²) in [5.74, 6) is 0.741. The Labute approximate surface area is 163 Å². The molecule has 0 amide bonds. The third kappa shape index (κ3) is 4.48. The zero-order chi connectivity index (χ0) is 19.2. The molecule has 1 atom stereocenters. The second kappa shape index (κ2) is 8.70. The second-order valence-corrected chi connectivity index (χ2v) is 6.94. The van der Waals surface area contributed by atoms with E-state index in [0.717, 1.165) is 17.0 Å². The smallest absolute Gasteiger partial charge is 0.118 e. The van der Waals surface area contributed by atoms with E-state index in [1.165, 1.54) is 22.0 Å². The third-order valence-corrected chi connectivity index (χ3v) is 4.85. The Balaban J connectivity index is 2.11. The van der Waals surface area contributed by atoms with Crippen molar-refractivity contribution < 1.29 is 4.74 Å². The van der Waals surface area contributed by atoms with Crippen LogP contribution in [0.25, 0.3) is 22.4 Å². The van der Waals surface area contributed by atoms with Crippen LogP contribution in [-0.2, 0) is 4.74 Å². The van der Waals surface area contributed by atoms with Gasteiger partial charge in [-0.15, -0.1) is 9.24 Å². The Morgan fingerprint density at radius 1 is 1.00 bits per heavy atom. The molecule has 3 aromatic rings. The first-order chi connectivity index (χ1) is 13.1. The SMILES string of the molecule is C=C/C(=C\C=C(/C)c1cn(-c2ccccc2)cc1-c1ccc(P)cc1)OC. The lowest BCUT2D eigenvalue weighted by Crippen LogP contribution is -1.89. The first kappa shape index (κ1) is 18.9. The number of methoxy groups -OCH3 is 1. The quantitative estimate of drug-likeness (QED) is 0.304. The highest BCUT2D eigenvalue weighted by Gasteiger charge is 2.11. The van der Waals surface area contributed by atoms with Crippen molar-refractivity contribution in [2.24, 2.45) is 0 Å². The van der Waals surface area contributed by atoms with Crippen LogP contribution in [-0.4, -0.2) is 11.7 Å². The van der Waals surface area contributed by atoms with Crippen LogP contribution in [0.15, 0.2) is 97.6 Å². The van der Waals surface area contributed by atoms with Crippen molar-refractivity contribution in [2.75, 3.05) is 7.11 Å². The van der Waals surface area contributed by atoms with Gasteiger partial charge in [0, 0.05) is 29.2 Å². The minimum Gasteiger partial charge on any atom is -0.497 e. The molecule has 1 heterocycles. The summed E-state index contributed by atoms with van der Waals surface area (Å²) in [5.41, 5.74) is 5.87. The van der Waals surface area contributed by atoms with Crippen LogP contribution in [0.1, 0.15) is 12.5 Å². The summed E-state index contributed by atoms with van der Waals surface area (Å²) in [6.45, 7) is 5.89. The van der Waals surface area contributed by atoms with Gasteiger partial charge in [-0.2, -0.15) is 0 Å². The van der Waals surface area contributed by atoms with Gasteiger partial charge in [-0.05, 0) is 47.6 Å². The number of para-hydroxylation sites is 1. The molecule has 1 aromatic heterocycles. The van der Waals surface area contributed by atoms with Gasteiger partial charge in [0.15, 0.2) is 0 Å². The Bertz CT molecular complexity index is 979. The molecule has 0 saturated carbocycles. The van der Waals surface area contributed by atoms with E-state index in [1.54, 1.807) is 13.2 Å². The van der Waals surface area contributed by atoms with Crippen molar-refractivity contribution in [2.45, 2.75) is 6.92 Å². The van der Waals surface area contributed by atoms with Gasteiger partial charge in [0.25, 0.3) is 0 Å². The van der Waals surface area contributed by atoms with Gasteiger partial charge < -0.3 is 9.30 Å². The highest BCUT2D eigenvalue weighted by atomic mass is 31.0. The largest absolute Gasteiger partial charge is 0.497 e. The number of allylic oxidation sites excluding steroid dienone is 4. The maximum Gasteiger partial charge on any atom is 0.118 e. The third-order valence-electron chi connectivity index (χ3n) is 4.46. The normalized spacial score (nSPS) is 12.1. The zero-order valence-electron chi connectivity index (χ0n) is 15.7. The molecule has 0 spiro atoms. The number of ether oxygens (including phenoxy) is 1. The molecule has 136 valence electrons. The summed E-state index contributed by atoms with van der Waals surface area (Å²) in [6, 6.07) is 18.9. The van der Waals surface area contributed by atoms with Crippen LogP contribution in [0, 0.1) is 0 Å². The number of nitrogens with zero attached hydrogens (tertiary/aromatic N) is 1. The lowest BCUT2D eigenvalue weighted by Gasteiger charge is -2.05. The fourth-order valence-corrected chi connectivity index (χ4v) is 3.12. The van der Waals surface area contributed by atoms with Gasteiger partial charge >= 0.3 is 0 Å². The van der Waals surface area contributed by atoms with E-state index in [4.69, 9.17) is 4.74 Å². The molecule has 2 aromatic carbocycles. The summed E-state index contributed by atoms with van der Waals surface area (Å²) in [6.07, 6.45) is 10.1. The van der Waals surface area contributed by atoms with Crippen molar-refractivity contribution in [3.63, 3.8) is 0 Å². The maximum atomic E-state index is 5.28. The fourth-order valence-electron chi connectivity index (χ4n) is 2.93. The van der Waals surface area contributed by atoms with Gasteiger partial charge in [0.1, 0.15) is 5.76 Å². The lowest BCUT2D eigenvalue weighted by atomic mass is 10.00. The summed E-state index contributed by atoms with van der Waals surface area (Å²) >= 11 is 0. The number of benzene rings is 2. The number of hydrogen-bond donors (Lipinski definition) is 0. The molecule has 3 rings (SSSR count). The van der Waals surface area contributed by atoms with Crippen LogP contribution in [0.2, 0.25) is 0 Å². The average Bonchev–Trinajstić information content (AvgIpc) is 3.15. The molecule has 3 heteroatoms. The van der Waals surface area contributed by atoms with Crippen molar-refractivity contribution in [3.8, 4) is 16.8 Å².